The van der Waals surface area contributed by atoms with Crippen LogP contribution < -0.4 is 0 Å². The molecule has 0 unspecified atom stereocenters. The minimum absolute atomic E-state index is 0.285. The van der Waals surface area contributed by atoms with Crippen molar-refractivity contribution in [3.63, 3.8) is 0 Å². The summed E-state index contributed by atoms with van der Waals surface area (Å²) in [5.74, 6) is -5.83. The molecule has 0 aliphatic rings. The fourth-order valence-electron chi connectivity index (χ4n) is 1.11. The molecule has 0 saturated carbocycles. The lowest BCUT2D eigenvalue weighted by Gasteiger charge is -2.12. The van der Waals surface area contributed by atoms with E-state index in [0.29, 0.717) is 4.47 Å². The highest BCUT2D eigenvalue weighted by Gasteiger charge is 2.39. The Morgan fingerprint density at radius 3 is 2.60 bits per heavy atom. The van der Waals surface area contributed by atoms with E-state index in [0.717, 1.165) is 5.56 Å². The molecule has 0 aromatic heterocycles. The van der Waals surface area contributed by atoms with Crippen molar-refractivity contribution < 1.29 is 18.7 Å². The average Bonchev–Trinajstić information content (AvgIpc) is 2.09. The summed E-state index contributed by atoms with van der Waals surface area (Å²) in [6.07, 6.45) is -0.802. The molecule has 0 aliphatic carbocycles. The van der Waals surface area contributed by atoms with Gasteiger partial charge in [-0.05, 0) is 24.1 Å². The second kappa shape index (κ2) is 4.26. The fraction of sp³-hybridized carbons (Fsp3) is 0.300. The fourth-order valence-corrected chi connectivity index (χ4v) is 1.74. The van der Waals surface area contributed by atoms with Gasteiger partial charge in [-0.3, -0.25) is 0 Å². The molecule has 1 rings (SSSR count). The van der Waals surface area contributed by atoms with E-state index >= 15 is 0 Å². The third-order valence-electron chi connectivity index (χ3n) is 1.93. The van der Waals surface area contributed by atoms with Gasteiger partial charge in [0, 0.05) is 10.9 Å². The molecule has 0 bridgehead atoms. The molecular formula is C10H9BrF2O2. The Kier molecular flexibility index (Phi) is 3.44. The molecule has 2 nitrogen and oxygen atoms in total. The first-order valence-corrected chi connectivity index (χ1v) is 4.98. The van der Waals surface area contributed by atoms with Crippen molar-refractivity contribution in [3.05, 3.63) is 33.8 Å². The highest BCUT2D eigenvalue weighted by molar-refractivity contribution is 9.10. The maximum absolute atomic E-state index is 12.9. The number of carbonyl (C=O) groups is 1. The zero-order chi connectivity index (χ0) is 11.6. The predicted molar refractivity (Wildman–Crippen MR) is 55.2 cm³/mol. The van der Waals surface area contributed by atoms with E-state index in [-0.39, 0.29) is 5.56 Å². The first kappa shape index (κ1) is 12.1. The van der Waals surface area contributed by atoms with E-state index in [1.807, 2.05) is 6.92 Å². The van der Waals surface area contributed by atoms with Gasteiger partial charge in [-0.25, -0.2) is 4.79 Å². The van der Waals surface area contributed by atoms with E-state index in [1.165, 1.54) is 6.07 Å². The number of alkyl halides is 2. The Balaban J connectivity index is 2.95. The maximum Gasteiger partial charge on any atom is 0.374 e. The van der Waals surface area contributed by atoms with Crippen LogP contribution in [0.2, 0.25) is 0 Å². The van der Waals surface area contributed by atoms with Crippen LogP contribution >= 0.6 is 15.9 Å². The van der Waals surface area contributed by atoms with Gasteiger partial charge in [0.2, 0.25) is 0 Å². The molecule has 15 heavy (non-hydrogen) atoms. The van der Waals surface area contributed by atoms with Crippen LogP contribution in [0.1, 0.15) is 11.1 Å². The van der Waals surface area contributed by atoms with Gasteiger partial charge >= 0.3 is 11.9 Å². The van der Waals surface area contributed by atoms with Crippen molar-refractivity contribution in [3.8, 4) is 0 Å². The largest absolute Gasteiger partial charge is 0.477 e. The number of hydrogen-bond donors (Lipinski definition) is 1. The molecule has 1 aromatic carbocycles. The van der Waals surface area contributed by atoms with Gasteiger partial charge in [-0.15, -0.1) is 0 Å². The van der Waals surface area contributed by atoms with Crippen LogP contribution in [0.4, 0.5) is 8.78 Å². The van der Waals surface area contributed by atoms with Crippen molar-refractivity contribution >= 4 is 21.9 Å². The predicted octanol–water partition coefficient (Wildman–Crippen LogP) is 3.02. The minimum Gasteiger partial charge on any atom is -0.477 e. The number of benzene rings is 1. The molecule has 0 atom stereocenters. The second-order valence-corrected chi connectivity index (χ2v) is 4.14. The van der Waals surface area contributed by atoms with Crippen LogP contribution in [0.3, 0.4) is 0 Å². The van der Waals surface area contributed by atoms with Crippen molar-refractivity contribution in [2.45, 2.75) is 19.3 Å². The van der Waals surface area contributed by atoms with Crippen LogP contribution in [0.5, 0.6) is 0 Å². The molecule has 0 heterocycles. The number of aliphatic carboxylic acids is 1. The molecule has 0 radical (unpaired) electrons. The maximum atomic E-state index is 12.9. The highest BCUT2D eigenvalue weighted by atomic mass is 79.9. The van der Waals surface area contributed by atoms with Crippen LogP contribution in [0.25, 0.3) is 0 Å². The van der Waals surface area contributed by atoms with E-state index < -0.39 is 18.3 Å². The quantitative estimate of drug-likeness (QED) is 0.923. The van der Waals surface area contributed by atoms with Crippen molar-refractivity contribution in [1.29, 1.82) is 0 Å². The normalized spacial score (nSPS) is 11.5. The molecule has 0 amide bonds. The monoisotopic (exact) mass is 278 g/mol. The Hall–Kier alpha value is -0.970. The number of rotatable bonds is 3. The minimum atomic E-state index is -3.72. The third kappa shape index (κ3) is 2.99. The van der Waals surface area contributed by atoms with Crippen LogP contribution in [-0.4, -0.2) is 17.0 Å². The molecule has 5 heteroatoms. The summed E-state index contributed by atoms with van der Waals surface area (Å²) < 4.78 is 26.3. The lowest BCUT2D eigenvalue weighted by molar-refractivity contribution is -0.164. The summed E-state index contributed by atoms with van der Waals surface area (Å²) in [7, 11) is 0. The van der Waals surface area contributed by atoms with E-state index in [1.54, 1.807) is 12.1 Å². The standard InChI is InChI=1S/C10H9BrF2O2/c1-6-2-3-7(8(11)4-6)5-10(12,13)9(14)15/h2-4H,5H2,1H3,(H,14,15). The molecule has 0 saturated heterocycles. The van der Waals surface area contributed by atoms with Gasteiger partial charge in [-0.2, -0.15) is 8.78 Å². The van der Waals surface area contributed by atoms with Crippen molar-refractivity contribution in [1.82, 2.24) is 0 Å². The molecule has 0 fully saturated rings. The molecule has 1 N–H and O–H groups in total. The van der Waals surface area contributed by atoms with Crippen LogP contribution in [-0.2, 0) is 11.2 Å². The Labute approximate surface area is 94.0 Å². The summed E-state index contributed by atoms with van der Waals surface area (Å²) in [6, 6.07) is 4.83. The molecule has 0 spiro atoms. The summed E-state index contributed by atoms with van der Waals surface area (Å²) in [4.78, 5) is 10.2. The number of hydrogen-bond acceptors (Lipinski definition) is 1. The second-order valence-electron chi connectivity index (χ2n) is 3.28. The summed E-state index contributed by atoms with van der Waals surface area (Å²) in [5, 5.41) is 8.28. The van der Waals surface area contributed by atoms with Gasteiger partial charge < -0.3 is 5.11 Å². The van der Waals surface area contributed by atoms with Gasteiger partial charge in [0.25, 0.3) is 0 Å². The summed E-state index contributed by atoms with van der Waals surface area (Å²) >= 11 is 3.12. The van der Waals surface area contributed by atoms with Gasteiger partial charge in [0.05, 0.1) is 0 Å². The molecule has 1 aromatic rings. The van der Waals surface area contributed by atoms with Gasteiger partial charge in [0.15, 0.2) is 0 Å². The molecular weight excluding hydrogens is 270 g/mol. The van der Waals surface area contributed by atoms with Crippen LogP contribution in [0, 0.1) is 6.92 Å². The molecule has 0 aliphatic heterocycles. The zero-order valence-electron chi connectivity index (χ0n) is 7.93. The zero-order valence-corrected chi connectivity index (χ0v) is 9.51. The number of halogens is 3. The van der Waals surface area contributed by atoms with E-state index in [2.05, 4.69) is 15.9 Å². The smallest absolute Gasteiger partial charge is 0.374 e. The Morgan fingerprint density at radius 2 is 2.13 bits per heavy atom. The average molecular weight is 279 g/mol. The lowest BCUT2D eigenvalue weighted by Crippen LogP contribution is -2.30. The Morgan fingerprint density at radius 1 is 1.53 bits per heavy atom. The third-order valence-corrected chi connectivity index (χ3v) is 2.67. The Bertz CT molecular complexity index is 391. The number of carboxylic acids is 1. The lowest BCUT2D eigenvalue weighted by atomic mass is 10.1. The van der Waals surface area contributed by atoms with Gasteiger partial charge in [-0.1, -0.05) is 28.1 Å². The van der Waals surface area contributed by atoms with Crippen molar-refractivity contribution in [2.75, 3.05) is 0 Å². The van der Waals surface area contributed by atoms with Gasteiger partial charge in [0.1, 0.15) is 0 Å². The SMILES string of the molecule is Cc1ccc(CC(F)(F)C(=O)O)c(Br)c1. The highest BCUT2D eigenvalue weighted by Crippen LogP contribution is 2.26. The van der Waals surface area contributed by atoms with E-state index in [4.69, 9.17) is 5.11 Å². The summed E-state index contributed by atoms with van der Waals surface area (Å²) in [6.45, 7) is 1.82. The first-order valence-electron chi connectivity index (χ1n) is 4.19. The number of carboxylic acid groups (broad SMARTS) is 1. The van der Waals surface area contributed by atoms with E-state index in [9.17, 15) is 13.6 Å². The topological polar surface area (TPSA) is 37.3 Å². The number of aryl methyl sites for hydroxylation is 1. The van der Waals surface area contributed by atoms with Crippen molar-refractivity contribution in [2.24, 2.45) is 0 Å². The summed E-state index contributed by atoms with van der Waals surface area (Å²) in [5.41, 5.74) is 1.21. The molecule has 82 valence electrons. The van der Waals surface area contributed by atoms with Crippen LogP contribution in [0.15, 0.2) is 22.7 Å². The first-order chi connectivity index (χ1) is 6.83.